The molecule has 1 aliphatic rings. The lowest BCUT2D eigenvalue weighted by molar-refractivity contribution is -0.114. The quantitative estimate of drug-likeness (QED) is 0.625. The molecule has 0 aromatic rings. The SMILES string of the molecule is CC(C)=CCCC1=CCCCC1.CC(C)=O. The van der Waals surface area contributed by atoms with Crippen LogP contribution in [0.3, 0.4) is 0 Å². The fraction of sp³-hybridized carbons (Fsp3) is 0.667. The van der Waals surface area contributed by atoms with Crippen molar-refractivity contribution in [1.82, 2.24) is 0 Å². The minimum atomic E-state index is 0.167. The zero-order valence-corrected chi connectivity index (χ0v) is 11.3. The second kappa shape index (κ2) is 9.38. The summed E-state index contributed by atoms with van der Waals surface area (Å²) in [6.07, 6.45) is 12.8. The summed E-state index contributed by atoms with van der Waals surface area (Å²) < 4.78 is 0. The molecule has 0 unspecified atom stereocenters. The molecule has 1 heteroatoms. The van der Waals surface area contributed by atoms with Crippen molar-refractivity contribution < 1.29 is 4.79 Å². The van der Waals surface area contributed by atoms with E-state index in [0.29, 0.717) is 0 Å². The van der Waals surface area contributed by atoms with E-state index in [9.17, 15) is 4.79 Å². The van der Waals surface area contributed by atoms with Gasteiger partial charge in [-0.3, -0.25) is 0 Å². The lowest BCUT2D eigenvalue weighted by Gasteiger charge is -2.11. The molecule has 0 aromatic carbocycles. The van der Waals surface area contributed by atoms with E-state index in [-0.39, 0.29) is 5.78 Å². The van der Waals surface area contributed by atoms with E-state index in [0.717, 1.165) is 0 Å². The van der Waals surface area contributed by atoms with Crippen molar-refractivity contribution in [2.24, 2.45) is 0 Å². The first-order valence-electron chi connectivity index (χ1n) is 6.31. The molecule has 0 amide bonds. The fourth-order valence-corrected chi connectivity index (χ4v) is 1.68. The molecule has 1 nitrogen and oxygen atoms in total. The van der Waals surface area contributed by atoms with Crippen molar-refractivity contribution in [3.63, 3.8) is 0 Å². The Bertz CT molecular complexity index is 251. The van der Waals surface area contributed by atoms with Crippen LogP contribution in [0.5, 0.6) is 0 Å². The summed E-state index contributed by atoms with van der Waals surface area (Å²) in [5.41, 5.74) is 3.14. The maximum atomic E-state index is 9.44. The van der Waals surface area contributed by atoms with Crippen molar-refractivity contribution in [2.45, 2.75) is 66.2 Å². The van der Waals surface area contributed by atoms with Gasteiger partial charge in [-0.05, 0) is 66.2 Å². The van der Waals surface area contributed by atoms with E-state index in [4.69, 9.17) is 0 Å². The normalized spacial score (nSPS) is 14.4. The van der Waals surface area contributed by atoms with Crippen LogP contribution in [0.15, 0.2) is 23.3 Å². The third-order valence-corrected chi connectivity index (χ3v) is 2.40. The van der Waals surface area contributed by atoms with Gasteiger partial charge in [-0.25, -0.2) is 0 Å². The zero-order chi connectivity index (χ0) is 12.4. The molecule has 92 valence electrons. The first kappa shape index (κ1) is 15.2. The van der Waals surface area contributed by atoms with E-state index in [1.54, 1.807) is 5.57 Å². The Morgan fingerprint density at radius 2 is 1.88 bits per heavy atom. The smallest absolute Gasteiger partial charge is 0.126 e. The molecule has 0 aromatic heterocycles. The maximum Gasteiger partial charge on any atom is 0.126 e. The predicted octanol–water partition coefficient (Wildman–Crippen LogP) is 4.83. The van der Waals surface area contributed by atoms with Crippen LogP contribution in [-0.2, 0) is 4.79 Å². The minimum absolute atomic E-state index is 0.167. The van der Waals surface area contributed by atoms with Crippen LogP contribution in [0.25, 0.3) is 0 Å². The number of carbonyl (C=O) groups excluding carboxylic acids is 1. The molecule has 0 saturated heterocycles. The molecule has 16 heavy (non-hydrogen) atoms. The first-order chi connectivity index (χ1) is 7.52. The fourth-order valence-electron chi connectivity index (χ4n) is 1.68. The van der Waals surface area contributed by atoms with Gasteiger partial charge in [0.05, 0.1) is 0 Å². The van der Waals surface area contributed by atoms with Gasteiger partial charge in [0.15, 0.2) is 0 Å². The lowest BCUT2D eigenvalue weighted by atomic mass is 9.96. The highest BCUT2D eigenvalue weighted by Crippen LogP contribution is 2.21. The number of allylic oxidation sites excluding steroid dienone is 4. The average Bonchev–Trinajstić information content (AvgIpc) is 2.18. The van der Waals surface area contributed by atoms with Gasteiger partial charge in [-0.1, -0.05) is 23.3 Å². The van der Waals surface area contributed by atoms with Gasteiger partial charge in [0, 0.05) is 0 Å². The largest absolute Gasteiger partial charge is 0.300 e. The molecule has 0 heterocycles. The van der Waals surface area contributed by atoms with Gasteiger partial charge in [-0.15, -0.1) is 0 Å². The van der Waals surface area contributed by atoms with Crippen LogP contribution in [-0.4, -0.2) is 5.78 Å². The van der Waals surface area contributed by atoms with E-state index in [2.05, 4.69) is 26.0 Å². The Labute approximate surface area is 101 Å². The van der Waals surface area contributed by atoms with Gasteiger partial charge < -0.3 is 4.79 Å². The number of carbonyl (C=O) groups is 1. The standard InChI is InChI=1S/C12H20.C3H6O/c1-11(2)7-6-10-12-8-4-3-5-9-12;1-3(2)4/h7-8H,3-6,9-10H2,1-2H3;1-2H3. The Kier molecular flexibility index (Phi) is 8.88. The summed E-state index contributed by atoms with van der Waals surface area (Å²) in [4.78, 5) is 9.44. The molecule has 0 spiro atoms. The third kappa shape index (κ3) is 11.2. The third-order valence-electron chi connectivity index (χ3n) is 2.40. The van der Waals surface area contributed by atoms with E-state index in [1.165, 1.54) is 57.9 Å². The van der Waals surface area contributed by atoms with Gasteiger partial charge in [0.1, 0.15) is 5.78 Å². The Hall–Kier alpha value is -0.850. The van der Waals surface area contributed by atoms with Crippen LogP contribution in [0.2, 0.25) is 0 Å². The molecule has 0 bridgehead atoms. The molecule has 1 aliphatic carbocycles. The molecule has 0 radical (unpaired) electrons. The van der Waals surface area contributed by atoms with Gasteiger partial charge in [0.25, 0.3) is 0 Å². The summed E-state index contributed by atoms with van der Waals surface area (Å²) in [5.74, 6) is 0.167. The first-order valence-corrected chi connectivity index (χ1v) is 6.31. The Balaban J connectivity index is 0.000000487. The van der Waals surface area contributed by atoms with Crippen molar-refractivity contribution in [3.05, 3.63) is 23.3 Å². The molecule has 1 rings (SSSR count). The highest BCUT2D eigenvalue weighted by molar-refractivity contribution is 5.72. The number of ketones is 1. The average molecular weight is 222 g/mol. The molecular formula is C15H26O. The summed E-state index contributed by atoms with van der Waals surface area (Å²) in [6, 6.07) is 0. The van der Waals surface area contributed by atoms with Crippen molar-refractivity contribution in [1.29, 1.82) is 0 Å². The highest BCUT2D eigenvalue weighted by Gasteiger charge is 2.01. The summed E-state index contributed by atoms with van der Waals surface area (Å²) in [6.45, 7) is 7.41. The van der Waals surface area contributed by atoms with Crippen molar-refractivity contribution >= 4 is 5.78 Å². The monoisotopic (exact) mass is 222 g/mol. The minimum Gasteiger partial charge on any atom is -0.300 e. The lowest BCUT2D eigenvalue weighted by Crippen LogP contribution is -1.91. The van der Waals surface area contributed by atoms with E-state index >= 15 is 0 Å². The molecule has 0 saturated carbocycles. The Morgan fingerprint density at radius 3 is 2.31 bits per heavy atom. The molecule has 0 atom stereocenters. The summed E-state index contributed by atoms with van der Waals surface area (Å²) in [7, 11) is 0. The van der Waals surface area contributed by atoms with Crippen LogP contribution >= 0.6 is 0 Å². The number of rotatable bonds is 3. The van der Waals surface area contributed by atoms with Crippen LogP contribution in [0, 0.1) is 0 Å². The van der Waals surface area contributed by atoms with Gasteiger partial charge >= 0.3 is 0 Å². The molecule has 0 fully saturated rings. The summed E-state index contributed by atoms with van der Waals surface area (Å²) in [5, 5.41) is 0. The predicted molar refractivity (Wildman–Crippen MR) is 71.6 cm³/mol. The number of hydrogen-bond acceptors (Lipinski definition) is 1. The molecular weight excluding hydrogens is 196 g/mol. The van der Waals surface area contributed by atoms with Crippen molar-refractivity contribution in [2.75, 3.05) is 0 Å². The highest BCUT2D eigenvalue weighted by atomic mass is 16.1. The van der Waals surface area contributed by atoms with E-state index in [1.807, 2.05) is 0 Å². The maximum absolute atomic E-state index is 9.44. The van der Waals surface area contributed by atoms with Crippen LogP contribution < -0.4 is 0 Å². The summed E-state index contributed by atoms with van der Waals surface area (Å²) >= 11 is 0. The topological polar surface area (TPSA) is 17.1 Å². The number of Topliss-reactive ketones (excluding diaryl/α,β-unsaturated/α-hetero) is 1. The van der Waals surface area contributed by atoms with Crippen LogP contribution in [0.4, 0.5) is 0 Å². The van der Waals surface area contributed by atoms with Crippen LogP contribution in [0.1, 0.15) is 66.2 Å². The Morgan fingerprint density at radius 1 is 1.25 bits per heavy atom. The second-order valence-electron chi connectivity index (χ2n) is 4.84. The zero-order valence-electron chi connectivity index (χ0n) is 11.3. The van der Waals surface area contributed by atoms with Crippen molar-refractivity contribution in [3.8, 4) is 0 Å². The van der Waals surface area contributed by atoms with Gasteiger partial charge in [0.2, 0.25) is 0 Å². The molecule has 0 aliphatic heterocycles. The van der Waals surface area contributed by atoms with Gasteiger partial charge in [-0.2, -0.15) is 0 Å². The molecule has 0 N–H and O–H groups in total. The second-order valence-corrected chi connectivity index (χ2v) is 4.84. The number of hydrogen-bond donors (Lipinski definition) is 0. The van der Waals surface area contributed by atoms with E-state index < -0.39 is 0 Å².